The third-order valence-electron chi connectivity index (χ3n) is 3.36. The maximum Gasteiger partial charge on any atom is 0.235 e. The van der Waals surface area contributed by atoms with Gasteiger partial charge in [0.15, 0.2) is 0 Å². The standard InChI is InChI=1S/C14H22N2O4S2/c1-3-4-11-22(19,20)16(14-9-10-14)13-7-5-12(6-8-13)15-21(2,17)18/h5-8,14-15H,3-4,9-11H2,1-2H3. The summed E-state index contributed by atoms with van der Waals surface area (Å²) in [5, 5.41) is 0. The summed E-state index contributed by atoms with van der Waals surface area (Å²) in [6.07, 6.45) is 4.28. The zero-order chi connectivity index (χ0) is 16.4. The zero-order valence-electron chi connectivity index (χ0n) is 12.8. The van der Waals surface area contributed by atoms with Gasteiger partial charge in [-0.2, -0.15) is 0 Å². The molecule has 0 bridgehead atoms. The van der Waals surface area contributed by atoms with Crippen molar-refractivity contribution >= 4 is 31.4 Å². The van der Waals surface area contributed by atoms with Crippen LogP contribution in [-0.2, 0) is 20.0 Å². The van der Waals surface area contributed by atoms with Crippen LogP contribution >= 0.6 is 0 Å². The first kappa shape index (κ1) is 17.1. The molecule has 0 radical (unpaired) electrons. The first-order valence-electron chi connectivity index (χ1n) is 7.33. The van der Waals surface area contributed by atoms with E-state index in [1.165, 1.54) is 4.31 Å². The summed E-state index contributed by atoms with van der Waals surface area (Å²) in [5.41, 5.74) is 1.02. The van der Waals surface area contributed by atoms with E-state index < -0.39 is 20.0 Å². The Morgan fingerprint density at radius 1 is 1.14 bits per heavy atom. The van der Waals surface area contributed by atoms with Crippen molar-refractivity contribution in [2.24, 2.45) is 0 Å². The molecule has 1 aromatic carbocycles. The van der Waals surface area contributed by atoms with Crippen molar-refractivity contribution in [2.75, 3.05) is 21.0 Å². The predicted octanol–water partition coefficient (Wildman–Crippen LogP) is 2.16. The highest BCUT2D eigenvalue weighted by Gasteiger charge is 2.36. The molecular weight excluding hydrogens is 324 g/mol. The largest absolute Gasteiger partial charge is 0.284 e. The quantitative estimate of drug-likeness (QED) is 0.782. The van der Waals surface area contributed by atoms with E-state index in [2.05, 4.69) is 4.72 Å². The van der Waals surface area contributed by atoms with E-state index in [0.717, 1.165) is 25.5 Å². The number of nitrogens with zero attached hydrogens (tertiary/aromatic N) is 1. The minimum Gasteiger partial charge on any atom is -0.284 e. The summed E-state index contributed by atoms with van der Waals surface area (Å²) in [6, 6.07) is 6.50. The summed E-state index contributed by atoms with van der Waals surface area (Å²) in [6.45, 7) is 1.96. The zero-order valence-corrected chi connectivity index (χ0v) is 14.5. The Bertz CT molecular complexity index is 708. The van der Waals surface area contributed by atoms with E-state index in [1.807, 2.05) is 6.92 Å². The minimum absolute atomic E-state index is 0.0376. The molecule has 2 rings (SSSR count). The lowest BCUT2D eigenvalue weighted by molar-refractivity contribution is 0.586. The molecule has 0 atom stereocenters. The second kappa shape index (κ2) is 6.45. The summed E-state index contributed by atoms with van der Waals surface area (Å²) >= 11 is 0. The molecule has 0 spiro atoms. The van der Waals surface area contributed by atoms with Gasteiger partial charge in [-0.15, -0.1) is 0 Å². The fourth-order valence-electron chi connectivity index (χ4n) is 2.22. The highest BCUT2D eigenvalue weighted by molar-refractivity contribution is 7.92. The lowest BCUT2D eigenvalue weighted by Crippen LogP contribution is -2.35. The van der Waals surface area contributed by atoms with Gasteiger partial charge in [0.2, 0.25) is 20.0 Å². The molecule has 0 aliphatic heterocycles. The number of hydrogen-bond donors (Lipinski definition) is 1. The van der Waals surface area contributed by atoms with Crippen molar-refractivity contribution in [2.45, 2.75) is 38.6 Å². The van der Waals surface area contributed by atoms with E-state index in [-0.39, 0.29) is 11.8 Å². The molecule has 0 unspecified atom stereocenters. The van der Waals surface area contributed by atoms with Crippen LogP contribution < -0.4 is 9.03 Å². The van der Waals surface area contributed by atoms with Crippen molar-refractivity contribution in [3.8, 4) is 0 Å². The van der Waals surface area contributed by atoms with Gasteiger partial charge >= 0.3 is 0 Å². The molecule has 1 aromatic rings. The fourth-order valence-corrected chi connectivity index (χ4v) is 4.75. The molecule has 22 heavy (non-hydrogen) atoms. The molecule has 1 saturated carbocycles. The number of hydrogen-bond acceptors (Lipinski definition) is 4. The number of unbranched alkanes of at least 4 members (excludes halogenated alkanes) is 1. The van der Waals surface area contributed by atoms with Gasteiger partial charge in [-0.1, -0.05) is 13.3 Å². The number of rotatable bonds is 8. The average Bonchev–Trinajstić information content (AvgIpc) is 3.21. The van der Waals surface area contributed by atoms with Gasteiger partial charge in [-0.25, -0.2) is 16.8 Å². The van der Waals surface area contributed by atoms with Gasteiger partial charge in [0.25, 0.3) is 0 Å². The Labute approximate surface area is 132 Å². The fraction of sp³-hybridized carbons (Fsp3) is 0.571. The molecular formula is C14H22N2O4S2. The van der Waals surface area contributed by atoms with Gasteiger partial charge in [0.1, 0.15) is 0 Å². The van der Waals surface area contributed by atoms with E-state index >= 15 is 0 Å². The summed E-state index contributed by atoms with van der Waals surface area (Å²) in [7, 11) is -6.66. The van der Waals surface area contributed by atoms with Crippen molar-refractivity contribution in [1.29, 1.82) is 0 Å². The molecule has 1 aliphatic rings. The molecule has 8 heteroatoms. The van der Waals surface area contributed by atoms with E-state index in [4.69, 9.17) is 0 Å². The molecule has 0 amide bonds. The van der Waals surface area contributed by atoms with Gasteiger partial charge in [-0.05, 0) is 43.5 Å². The molecule has 1 aliphatic carbocycles. The Kier molecular flexibility index (Phi) is 5.01. The third kappa shape index (κ3) is 4.61. The van der Waals surface area contributed by atoms with E-state index in [0.29, 0.717) is 17.8 Å². The summed E-state index contributed by atoms with van der Waals surface area (Å²) in [4.78, 5) is 0. The predicted molar refractivity (Wildman–Crippen MR) is 89.1 cm³/mol. The van der Waals surface area contributed by atoms with Crippen LogP contribution in [0.1, 0.15) is 32.6 Å². The maximum atomic E-state index is 12.5. The number of sulfonamides is 2. The number of anilines is 2. The highest BCUT2D eigenvalue weighted by Crippen LogP contribution is 2.35. The summed E-state index contributed by atoms with van der Waals surface area (Å²) < 4.78 is 51.3. The lowest BCUT2D eigenvalue weighted by Gasteiger charge is -2.24. The van der Waals surface area contributed by atoms with Crippen LogP contribution in [0.5, 0.6) is 0 Å². The molecule has 0 saturated heterocycles. The van der Waals surface area contributed by atoms with Crippen LogP contribution in [0.3, 0.4) is 0 Å². The van der Waals surface area contributed by atoms with Gasteiger partial charge in [0.05, 0.1) is 17.7 Å². The van der Waals surface area contributed by atoms with Crippen molar-refractivity contribution in [3.63, 3.8) is 0 Å². The Morgan fingerprint density at radius 2 is 1.73 bits per heavy atom. The Morgan fingerprint density at radius 3 is 2.18 bits per heavy atom. The normalized spacial score (nSPS) is 15.5. The van der Waals surface area contributed by atoms with Gasteiger partial charge in [0, 0.05) is 11.7 Å². The van der Waals surface area contributed by atoms with Crippen LogP contribution in [0.15, 0.2) is 24.3 Å². The Balaban J connectivity index is 2.23. The molecule has 1 N–H and O–H groups in total. The average molecular weight is 346 g/mol. The molecule has 124 valence electrons. The maximum absolute atomic E-state index is 12.5. The topological polar surface area (TPSA) is 83.6 Å². The second-order valence-corrected chi connectivity index (χ2v) is 9.33. The number of nitrogens with one attached hydrogen (secondary N) is 1. The number of benzene rings is 1. The highest BCUT2D eigenvalue weighted by atomic mass is 32.2. The van der Waals surface area contributed by atoms with Crippen LogP contribution in [-0.4, -0.2) is 34.9 Å². The van der Waals surface area contributed by atoms with Gasteiger partial charge in [-0.3, -0.25) is 9.03 Å². The second-order valence-electron chi connectivity index (χ2n) is 5.62. The first-order chi connectivity index (χ1) is 10.2. The van der Waals surface area contributed by atoms with Crippen LogP contribution in [0.4, 0.5) is 11.4 Å². The smallest absolute Gasteiger partial charge is 0.235 e. The molecule has 0 aromatic heterocycles. The van der Waals surface area contributed by atoms with Crippen LogP contribution in [0.2, 0.25) is 0 Å². The van der Waals surface area contributed by atoms with Gasteiger partial charge < -0.3 is 0 Å². The lowest BCUT2D eigenvalue weighted by atomic mass is 10.3. The molecule has 0 heterocycles. The minimum atomic E-state index is -3.34. The van der Waals surface area contributed by atoms with Crippen LogP contribution in [0, 0.1) is 0 Å². The van der Waals surface area contributed by atoms with Crippen molar-refractivity contribution in [3.05, 3.63) is 24.3 Å². The monoisotopic (exact) mass is 346 g/mol. The first-order valence-corrected chi connectivity index (χ1v) is 10.8. The Hall–Kier alpha value is -1.28. The van der Waals surface area contributed by atoms with Crippen molar-refractivity contribution < 1.29 is 16.8 Å². The molecule has 6 nitrogen and oxygen atoms in total. The SMILES string of the molecule is CCCCS(=O)(=O)N(c1ccc(NS(C)(=O)=O)cc1)C1CC1. The van der Waals surface area contributed by atoms with Crippen LogP contribution in [0.25, 0.3) is 0 Å². The van der Waals surface area contributed by atoms with Crippen molar-refractivity contribution in [1.82, 2.24) is 0 Å². The summed E-state index contributed by atoms with van der Waals surface area (Å²) in [5.74, 6) is 0.142. The van der Waals surface area contributed by atoms with E-state index in [1.54, 1.807) is 24.3 Å². The molecule has 1 fully saturated rings. The van der Waals surface area contributed by atoms with E-state index in [9.17, 15) is 16.8 Å². The third-order valence-corrected chi connectivity index (χ3v) is 5.88.